The van der Waals surface area contributed by atoms with Crippen molar-refractivity contribution in [3.05, 3.63) is 34.3 Å². The summed E-state index contributed by atoms with van der Waals surface area (Å²) in [6.07, 6.45) is 1.27. The summed E-state index contributed by atoms with van der Waals surface area (Å²) >= 11 is 5.89. The van der Waals surface area contributed by atoms with Crippen molar-refractivity contribution in [2.75, 3.05) is 0 Å². The van der Waals surface area contributed by atoms with Gasteiger partial charge in [0.1, 0.15) is 0 Å². The summed E-state index contributed by atoms with van der Waals surface area (Å²) in [5.41, 5.74) is 2.22. The Morgan fingerprint density at radius 2 is 2.15 bits per heavy atom. The fourth-order valence-electron chi connectivity index (χ4n) is 1.25. The number of hydrogen-bond donors (Lipinski definition) is 1. The number of aryl methyl sites for hydroxylation is 1. The molecule has 0 radical (unpaired) electrons. The molecule has 1 aromatic rings. The van der Waals surface area contributed by atoms with Crippen molar-refractivity contribution in [2.24, 2.45) is 0 Å². The first-order valence-corrected chi connectivity index (χ1v) is 4.94. The topological polar surface area (TPSA) is 20.2 Å². The van der Waals surface area contributed by atoms with Crippen LogP contribution in [-0.4, -0.2) is 11.2 Å². The van der Waals surface area contributed by atoms with E-state index < -0.39 is 0 Å². The van der Waals surface area contributed by atoms with Gasteiger partial charge in [-0.15, -0.1) is 0 Å². The number of aliphatic hydroxyl groups is 1. The molecule has 0 fully saturated rings. The molecule has 1 rings (SSSR count). The molecule has 2 heteroatoms. The van der Waals surface area contributed by atoms with Crippen LogP contribution in [0.2, 0.25) is 5.02 Å². The van der Waals surface area contributed by atoms with E-state index >= 15 is 0 Å². The van der Waals surface area contributed by atoms with E-state index in [2.05, 4.69) is 0 Å². The summed E-state index contributed by atoms with van der Waals surface area (Å²) < 4.78 is 0. The molecule has 0 aliphatic rings. The Labute approximate surface area is 84.4 Å². The van der Waals surface area contributed by atoms with Crippen LogP contribution in [0.25, 0.3) is 0 Å². The van der Waals surface area contributed by atoms with Gasteiger partial charge in [0.15, 0.2) is 0 Å². The lowest BCUT2D eigenvalue weighted by Crippen LogP contribution is -2.08. The summed E-state index contributed by atoms with van der Waals surface area (Å²) in [5.74, 6) is 0. The highest BCUT2D eigenvalue weighted by Crippen LogP contribution is 2.17. The first kappa shape index (κ1) is 10.6. The number of rotatable bonds is 3. The Bertz CT molecular complexity index is 283. The van der Waals surface area contributed by atoms with Gasteiger partial charge < -0.3 is 5.11 Å². The largest absolute Gasteiger partial charge is 0.393 e. The Hall–Kier alpha value is -0.530. The molecule has 0 amide bonds. The van der Waals surface area contributed by atoms with Gasteiger partial charge in [-0.05, 0) is 37.0 Å². The Morgan fingerprint density at radius 1 is 1.46 bits per heavy atom. The average Bonchev–Trinajstić information content (AvgIpc) is 2.11. The van der Waals surface area contributed by atoms with E-state index in [0.29, 0.717) is 6.42 Å². The van der Waals surface area contributed by atoms with E-state index in [4.69, 9.17) is 11.6 Å². The molecule has 1 N–H and O–H groups in total. The smallest absolute Gasteiger partial charge is 0.0577 e. The molecule has 13 heavy (non-hydrogen) atoms. The quantitative estimate of drug-likeness (QED) is 0.792. The van der Waals surface area contributed by atoms with Crippen molar-refractivity contribution in [1.82, 2.24) is 0 Å². The molecule has 1 nitrogen and oxygen atoms in total. The predicted molar refractivity (Wildman–Crippen MR) is 56.2 cm³/mol. The van der Waals surface area contributed by atoms with Gasteiger partial charge in [-0.25, -0.2) is 0 Å². The molecular formula is C11H15ClO. The molecule has 1 aromatic carbocycles. The van der Waals surface area contributed by atoms with Gasteiger partial charge in [0.05, 0.1) is 6.10 Å². The van der Waals surface area contributed by atoms with Crippen LogP contribution in [0.1, 0.15) is 24.5 Å². The summed E-state index contributed by atoms with van der Waals surface area (Å²) in [4.78, 5) is 0. The van der Waals surface area contributed by atoms with Gasteiger partial charge in [-0.1, -0.05) is 30.7 Å². The third-order valence-corrected chi connectivity index (χ3v) is 2.59. The highest BCUT2D eigenvalue weighted by Gasteiger charge is 2.03. The lowest BCUT2D eigenvalue weighted by atomic mass is 10.0. The maximum Gasteiger partial charge on any atom is 0.0577 e. The summed E-state index contributed by atoms with van der Waals surface area (Å²) in [7, 11) is 0. The standard InChI is InChI=1S/C11H15ClO/c1-3-10(13)7-9-4-5-11(12)8(2)6-9/h4-6,10,13H,3,7H2,1-2H3/t10-/m0/s1. The fraction of sp³-hybridized carbons (Fsp3) is 0.455. The van der Waals surface area contributed by atoms with Gasteiger partial charge >= 0.3 is 0 Å². The van der Waals surface area contributed by atoms with Crippen LogP contribution in [0, 0.1) is 6.92 Å². The van der Waals surface area contributed by atoms with E-state index in [9.17, 15) is 5.11 Å². The highest BCUT2D eigenvalue weighted by atomic mass is 35.5. The SMILES string of the molecule is CC[C@H](O)Cc1ccc(Cl)c(C)c1. The maximum absolute atomic E-state index is 9.44. The first-order chi connectivity index (χ1) is 6.13. The zero-order valence-corrected chi connectivity index (χ0v) is 8.80. The number of aliphatic hydroxyl groups excluding tert-OH is 1. The first-order valence-electron chi connectivity index (χ1n) is 4.56. The van der Waals surface area contributed by atoms with E-state index in [1.165, 1.54) is 0 Å². The highest BCUT2D eigenvalue weighted by molar-refractivity contribution is 6.31. The number of halogens is 1. The van der Waals surface area contributed by atoms with Crippen molar-refractivity contribution < 1.29 is 5.11 Å². The molecule has 1 atom stereocenters. The second-order valence-corrected chi connectivity index (χ2v) is 3.76. The van der Waals surface area contributed by atoms with Crippen LogP contribution in [0.3, 0.4) is 0 Å². The van der Waals surface area contributed by atoms with E-state index in [1.807, 2.05) is 32.0 Å². The number of hydrogen-bond acceptors (Lipinski definition) is 1. The van der Waals surface area contributed by atoms with Gasteiger partial charge in [0.2, 0.25) is 0 Å². The molecule has 0 saturated heterocycles. The molecule has 0 spiro atoms. The summed E-state index contributed by atoms with van der Waals surface area (Å²) in [5, 5.41) is 10.2. The monoisotopic (exact) mass is 198 g/mol. The van der Waals surface area contributed by atoms with Crippen molar-refractivity contribution in [2.45, 2.75) is 32.8 Å². The fourth-order valence-corrected chi connectivity index (χ4v) is 1.37. The van der Waals surface area contributed by atoms with Crippen LogP contribution in [0.4, 0.5) is 0 Å². The van der Waals surface area contributed by atoms with E-state index in [-0.39, 0.29) is 6.10 Å². The molecule has 0 heterocycles. The minimum absolute atomic E-state index is 0.236. The normalized spacial score (nSPS) is 12.9. The lowest BCUT2D eigenvalue weighted by molar-refractivity contribution is 0.171. The van der Waals surface area contributed by atoms with Gasteiger partial charge in [-0.3, -0.25) is 0 Å². The third-order valence-electron chi connectivity index (χ3n) is 2.16. The van der Waals surface area contributed by atoms with Gasteiger partial charge in [0, 0.05) is 5.02 Å². The average molecular weight is 199 g/mol. The maximum atomic E-state index is 9.44. The number of benzene rings is 1. The second kappa shape index (κ2) is 4.64. The van der Waals surface area contributed by atoms with Crippen LogP contribution < -0.4 is 0 Å². The minimum Gasteiger partial charge on any atom is -0.393 e. The zero-order chi connectivity index (χ0) is 9.84. The second-order valence-electron chi connectivity index (χ2n) is 3.35. The van der Waals surface area contributed by atoms with Crippen molar-refractivity contribution in [3.63, 3.8) is 0 Å². The van der Waals surface area contributed by atoms with Gasteiger partial charge in [0.25, 0.3) is 0 Å². The van der Waals surface area contributed by atoms with Gasteiger partial charge in [-0.2, -0.15) is 0 Å². The molecule has 0 aromatic heterocycles. The third kappa shape index (κ3) is 3.02. The molecular weight excluding hydrogens is 184 g/mol. The van der Waals surface area contributed by atoms with Crippen LogP contribution >= 0.6 is 11.6 Å². The molecule has 0 aliphatic carbocycles. The Balaban J connectivity index is 2.73. The molecule has 0 saturated carbocycles. The zero-order valence-electron chi connectivity index (χ0n) is 8.05. The van der Waals surface area contributed by atoms with Crippen LogP contribution in [0.15, 0.2) is 18.2 Å². The van der Waals surface area contributed by atoms with Crippen LogP contribution in [-0.2, 0) is 6.42 Å². The van der Waals surface area contributed by atoms with E-state index in [1.54, 1.807) is 0 Å². The van der Waals surface area contributed by atoms with Crippen LogP contribution in [0.5, 0.6) is 0 Å². The summed E-state index contributed by atoms with van der Waals surface area (Å²) in [6, 6.07) is 5.88. The molecule has 0 unspecified atom stereocenters. The molecule has 0 aliphatic heterocycles. The Kier molecular flexibility index (Phi) is 3.76. The lowest BCUT2D eigenvalue weighted by Gasteiger charge is -2.08. The van der Waals surface area contributed by atoms with E-state index in [0.717, 1.165) is 22.6 Å². The molecule has 72 valence electrons. The van der Waals surface area contributed by atoms with Crippen molar-refractivity contribution in [1.29, 1.82) is 0 Å². The summed E-state index contributed by atoms with van der Waals surface area (Å²) in [6.45, 7) is 3.96. The Morgan fingerprint density at radius 3 is 2.69 bits per heavy atom. The van der Waals surface area contributed by atoms with Crippen molar-refractivity contribution in [3.8, 4) is 0 Å². The molecule has 0 bridgehead atoms. The predicted octanol–water partition coefficient (Wildman–Crippen LogP) is 2.96. The van der Waals surface area contributed by atoms with Crippen molar-refractivity contribution >= 4 is 11.6 Å². The minimum atomic E-state index is -0.236.